The number of benzene rings is 2. The Labute approximate surface area is 202 Å². The van der Waals surface area contributed by atoms with Gasteiger partial charge in [-0.2, -0.15) is 5.26 Å². The van der Waals surface area contributed by atoms with E-state index in [1.54, 1.807) is 26.4 Å². The number of ether oxygens (including phenoxy) is 5. The van der Waals surface area contributed by atoms with Crippen molar-refractivity contribution < 1.29 is 23.7 Å². The highest BCUT2D eigenvalue weighted by Crippen LogP contribution is 2.44. The summed E-state index contributed by atoms with van der Waals surface area (Å²) in [6.07, 6.45) is 2.22. The van der Waals surface area contributed by atoms with Gasteiger partial charge in [0.05, 0.1) is 41.7 Å². The molecule has 1 N–H and O–H groups in total. The van der Waals surface area contributed by atoms with E-state index in [1.807, 2.05) is 12.1 Å². The Balaban J connectivity index is 1.77. The predicted molar refractivity (Wildman–Crippen MR) is 128 cm³/mol. The van der Waals surface area contributed by atoms with Gasteiger partial charge in [-0.15, -0.1) is 11.6 Å². The Hall–Kier alpha value is -3.85. The summed E-state index contributed by atoms with van der Waals surface area (Å²) in [5.41, 5.74) is 2.89. The number of fused-ring (bicyclic) bond motifs is 2. The van der Waals surface area contributed by atoms with Crippen molar-refractivity contribution in [2.24, 2.45) is 0 Å². The van der Waals surface area contributed by atoms with E-state index in [1.165, 1.54) is 6.20 Å². The number of hydrogen-bond donors (Lipinski definition) is 1. The summed E-state index contributed by atoms with van der Waals surface area (Å²) >= 11 is 5.75. The van der Waals surface area contributed by atoms with Crippen LogP contribution in [0.25, 0.3) is 10.9 Å². The zero-order chi connectivity index (χ0) is 23.9. The highest BCUT2D eigenvalue weighted by molar-refractivity contribution is 6.17. The number of halogens is 1. The number of anilines is 2. The molecule has 0 aliphatic carbocycles. The number of nitrogens with one attached hydrogen (secondary N) is 1. The molecule has 174 valence electrons. The molecule has 0 spiro atoms. The minimum atomic E-state index is 0.0754. The van der Waals surface area contributed by atoms with E-state index in [-0.39, 0.29) is 6.79 Å². The molecule has 0 unspecified atom stereocenters. The number of hydrogen-bond acceptors (Lipinski definition) is 8. The van der Waals surface area contributed by atoms with Crippen LogP contribution in [0.5, 0.6) is 23.0 Å². The molecule has 1 aromatic heterocycles. The molecular formula is C25H22ClN3O5. The lowest BCUT2D eigenvalue weighted by molar-refractivity contribution is 0.174. The fourth-order valence-corrected chi connectivity index (χ4v) is 3.57. The molecule has 0 saturated carbocycles. The molecule has 2 heterocycles. The SMILES string of the molecule is COCC#Cc1ccc(Nc2c(C#N)cnc3cc(OCCCCl)c(OC)cc23)c2c1OCO2. The molecule has 4 rings (SSSR count). The lowest BCUT2D eigenvalue weighted by Gasteiger charge is -2.16. The molecule has 1 aliphatic heterocycles. The van der Waals surface area contributed by atoms with E-state index in [9.17, 15) is 5.26 Å². The number of nitrogens with zero attached hydrogens (tertiary/aromatic N) is 2. The van der Waals surface area contributed by atoms with Crippen LogP contribution in [-0.2, 0) is 4.74 Å². The van der Waals surface area contributed by atoms with Gasteiger partial charge in [0, 0.05) is 30.6 Å². The van der Waals surface area contributed by atoms with E-state index in [0.29, 0.717) is 81.9 Å². The summed E-state index contributed by atoms with van der Waals surface area (Å²) < 4.78 is 27.7. The minimum absolute atomic E-state index is 0.0754. The Morgan fingerprint density at radius 3 is 2.76 bits per heavy atom. The molecule has 2 aromatic carbocycles. The summed E-state index contributed by atoms with van der Waals surface area (Å²) in [5.74, 6) is 8.58. The first-order valence-corrected chi connectivity index (χ1v) is 11.0. The van der Waals surface area contributed by atoms with Crippen LogP contribution in [0, 0.1) is 23.2 Å². The van der Waals surface area contributed by atoms with Crippen molar-refractivity contribution in [2.75, 3.05) is 45.4 Å². The van der Waals surface area contributed by atoms with Gasteiger partial charge in [-0.3, -0.25) is 4.98 Å². The van der Waals surface area contributed by atoms with Crippen molar-refractivity contribution in [1.29, 1.82) is 5.26 Å². The first kappa shape index (κ1) is 23.3. The number of methoxy groups -OCH3 is 2. The average molecular weight is 480 g/mol. The van der Waals surface area contributed by atoms with Gasteiger partial charge < -0.3 is 29.0 Å². The molecule has 0 radical (unpaired) electrons. The number of aromatic nitrogens is 1. The number of alkyl halides is 1. The number of rotatable bonds is 8. The van der Waals surface area contributed by atoms with Crippen molar-refractivity contribution in [3.05, 3.63) is 41.6 Å². The Morgan fingerprint density at radius 2 is 2.00 bits per heavy atom. The van der Waals surface area contributed by atoms with Crippen molar-refractivity contribution in [1.82, 2.24) is 4.98 Å². The van der Waals surface area contributed by atoms with Crippen LogP contribution in [0.1, 0.15) is 17.5 Å². The van der Waals surface area contributed by atoms with Gasteiger partial charge in [-0.05, 0) is 24.6 Å². The highest BCUT2D eigenvalue weighted by atomic mass is 35.5. The van der Waals surface area contributed by atoms with Gasteiger partial charge in [0.1, 0.15) is 12.7 Å². The van der Waals surface area contributed by atoms with Gasteiger partial charge in [-0.25, -0.2) is 0 Å². The topological polar surface area (TPSA) is 94.9 Å². The molecule has 0 fully saturated rings. The van der Waals surface area contributed by atoms with Crippen LogP contribution in [0.2, 0.25) is 0 Å². The van der Waals surface area contributed by atoms with E-state index in [2.05, 4.69) is 28.2 Å². The monoisotopic (exact) mass is 479 g/mol. The van der Waals surface area contributed by atoms with Crippen LogP contribution in [0.3, 0.4) is 0 Å². The zero-order valence-corrected chi connectivity index (χ0v) is 19.5. The second-order valence-electron chi connectivity index (χ2n) is 7.16. The molecule has 0 amide bonds. The number of pyridine rings is 1. The first-order valence-electron chi connectivity index (χ1n) is 10.5. The highest BCUT2D eigenvalue weighted by Gasteiger charge is 2.23. The average Bonchev–Trinajstić information content (AvgIpc) is 3.36. The Bertz CT molecular complexity index is 1310. The second kappa shape index (κ2) is 10.8. The van der Waals surface area contributed by atoms with Gasteiger partial charge in [0.15, 0.2) is 23.0 Å². The summed E-state index contributed by atoms with van der Waals surface area (Å²) in [7, 11) is 3.15. The van der Waals surface area contributed by atoms with Gasteiger partial charge in [0.25, 0.3) is 0 Å². The van der Waals surface area contributed by atoms with E-state index < -0.39 is 0 Å². The Kier molecular flexibility index (Phi) is 7.44. The van der Waals surface area contributed by atoms with Crippen LogP contribution >= 0.6 is 11.6 Å². The molecule has 0 atom stereocenters. The fraction of sp³-hybridized carbons (Fsp3) is 0.280. The summed E-state index contributed by atoms with van der Waals surface area (Å²) in [4.78, 5) is 4.44. The largest absolute Gasteiger partial charge is 0.493 e. The smallest absolute Gasteiger partial charge is 0.231 e. The second-order valence-corrected chi connectivity index (χ2v) is 7.53. The lowest BCUT2D eigenvalue weighted by Crippen LogP contribution is -2.02. The number of nitriles is 1. The van der Waals surface area contributed by atoms with Crippen molar-refractivity contribution >= 4 is 33.9 Å². The van der Waals surface area contributed by atoms with Crippen LogP contribution in [0.15, 0.2) is 30.5 Å². The quantitative estimate of drug-likeness (QED) is 0.285. The van der Waals surface area contributed by atoms with Gasteiger partial charge in [-0.1, -0.05) is 11.8 Å². The minimum Gasteiger partial charge on any atom is -0.493 e. The van der Waals surface area contributed by atoms with Crippen molar-refractivity contribution in [2.45, 2.75) is 6.42 Å². The summed E-state index contributed by atoms with van der Waals surface area (Å²) in [6.45, 7) is 0.839. The van der Waals surface area contributed by atoms with E-state index in [4.69, 9.17) is 35.3 Å². The van der Waals surface area contributed by atoms with Crippen LogP contribution in [-0.4, -0.2) is 45.1 Å². The van der Waals surface area contributed by atoms with Crippen LogP contribution < -0.4 is 24.3 Å². The van der Waals surface area contributed by atoms with Gasteiger partial charge >= 0.3 is 0 Å². The molecule has 9 heteroatoms. The molecule has 8 nitrogen and oxygen atoms in total. The van der Waals surface area contributed by atoms with E-state index >= 15 is 0 Å². The maximum absolute atomic E-state index is 9.75. The molecule has 3 aromatic rings. The third-order valence-corrected chi connectivity index (χ3v) is 5.29. The van der Waals surface area contributed by atoms with Crippen LogP contribution in [0.4, 0.5) is 11.4 Å². The van der Waals surface area contributed by atoms with Gasteiger partial charge in [0.2, 0.25) is 6.79 Å². The lowest BCUT2D eigenvalue weighted by atomic mass is 10.1. The van der Waals surface area contributed by atoms with E-state index in [0.717, 1.165) is 0 Å². The maximum atomic E-state index is 9.75. The molecular weight excluding hydrogens is 458 g/mol. The van der Waals surface area contributed by atoms with Crippen molar-refractivity contribution in [3.8, 4) is 40.9 Å². The summed E-state index contributed by atoms with van der Waals surface area (Å²) in [6, 6.07) is 9.44. The third kappa shape index (κ3) is 4.74. The maximum Gasteiger partial charge on any atom is 0.231 e. The van der Waals surface area contributed by atoms with Crippen molar-refractivity contribution in [3.63, 3.8) is 0 Å². The standard InChI is InChI=1S/C25H22ClN3O5/c1-30-9-3-5-16-6-7-19(25-24(16)33-15-34-25)29-23-17(13-27)14-28-20-12-22(32-10-4-8-26)21(31-2)11-18(20)23/h6-7,11-12,14H,4,8-10,15H2,1-2H3,(H,28,29). The summed E-state index contributed by atoms with van der Waals surface area (Å²) in [5, 5.41) is 13.8. The third-order valence-electron chi connectivity index (χ3n) is 5.03. The normalized spacial score (nSPS) is 11.5. The first-order chi connectivity index (χ1) is 16.7. The fourth-order valence-electron chi connectivity index (χ4n) is 3.46. The Morgan fingerprint density at radius 1 is 1.15 bits per heavy atom. The zero-order valence-electron chi connectivity index (χ0n) is 18.7. The molecule has 34 heavy (non-hydrogen) atoms. The predicted octanol–water partition coefficient (Wildman–Crippen LogP) is 4.59. The molecule has 0 bridgehead atoms. The molecule has 1 aliphatic rings. The molecule has 0 saturated heterocycles.